The second-order valence-electron chi connectivity index (χ2n) is 13.8. The Hall–Kier alpha value is -5.07. The summed E-state index contributed by atoms with van der Waals surface area (Å²) in [4.78, 5) is 62.2. The van der Waals surface area contributed by atoms with Crippen LogP contribution < -0.4 is 0 Å². The standard InChI is InChI=1S/C39H43F3N5O12PS/c1-25(61-31-20-54-37(55-21-31)6-4-3-5-28-8-7-27(19-43)17-33(28)41)39(22-47-24-44-23-45-47,32-10-9-29(40)18-34(32)42)58-38(50)57-26(2)56-36(49)12-11-35(48)46-15-13-30(14-16-46)59-60(51,52)53/h3-10,17-18,23-26,30-31,37H,11-16,20-22H2,1-2H3,(H2,51,52,53)/b5-3+,6-4+/t25-,26?,31?,37?,39-/m1/s1. The topological polar surface area (TPSA) is 222 Å². The Morgan fingerprint density at radius 2 is 1.79 bits per heavy atom. The van der Waals surface area contributed by atoms with Crippen molar-refractivity contribution >= 4 is 43.7 Å². The quantitative estimate of drug-likeness (QED) is 0.0737. The maximum Gasteiger partial charge on any atom is 0.512 e. The number of rotatable bonds is 17. The molecule has 0 spiro atoms. The fourth-order valence-electron chi connectivity index (χ4n) is 6.47. The van der Waals surface area contributed by atoms with E-state index in [0.717, 1.165) is 18.2 Å². The summed E-state index contributed by atoms with van der Waals surface area (Å²) in [5.74, 6) is -3.78. The molecule has 2 N–H and O–H groups in total. The van der Waals surface area contributed by atoms with Gasteiger partial charge in [0.05, 0.1) is 49.2 Å². The van der Waals surface area contributed by atoms with Gasteiger partial charge in [-0.1, -0.05) is 24.3 Å². The molecule has 2 aliphatic heterocycles. The van der Waals surface area contributed by atoms with Crippen LogP contribution in [-0.2, 0) is 54.5 Å². The van der Waals surface area contributed by atoms with E-state index in [0.29, 0.717) is 6.07 Å². The molecular weight excluding hydrogens is 850 g/mol. The summed E-state index contributed by atoms with van der Waals surface area (Å²) < 4.78 is 89.4. The number of nitrogens with zero attached hydrogens (tertiary/aromatic N) is 5. The van der Waals surface area contributed by atoms with Gasteiger partial charge in [-0.3, -0.25) is 14.1 Å². The summed E-state index contributed by atoms with van der Waals surface area (Å²) in [6.07, 6.45) is 4.17. The molecular formula is C39H43F3N5O12PS. The van der Waals surface area contributed by atoms with E-state index >= 15 is 4.39 Å². The van der Waals surface area contributed by atoms with E-state index in [1.807, 2.05) is 6.07 Å². The van der Waals surface area contributed by atoms with Crippen molar-refractivity contribution in [3.63, 3.8) is 0 Å². The molecule has 1 aromatic heterocycles. The number of allylic oxidation sites excluding steroid dienone is 2. The Labute approximate surface area is 352 Å². The summed E-state index contributed by atoms with van der Waals surface area (Å²) in [5.41, 5.74) is -1.71. The molecule has 3 heterocycles. The van der Waals surface area contributed by atoms with E-state index in [2.05, 4.69) is 14.6 Å². The number of hydrogen-bond acceptors (Lipinski definition) is 14. The minimum atomic E-state index is -4.67. The molecule has 22 heteroatoms. The number of ether oxygens (including phenoxy) is 5. The lowest BCUT2D eigenvalue weighted by atomic mass is 9.89. The molecule has 2 saturated heterocycles. The highest BCUT2D eigenvalue weighted by Gasteiger charge is 2.47. The largest absolute Gasteiger partial charge is 0.512 e. The van der Waals surface area contributed by atoms with Crippen molar-refractivity contribution in [1.29, 1.82) is 5.26 Å². The van der Waals surface area contributed by atoms with Crippen molar-refractivity contribution in [2.45, 2.75) is 80.9 Å². The van der Waals surface area contributed by atoms with E-state index in [-0.39, 0.29) is 75.2 Å². The lowest BCUT2D eigenvalue weighted by Gasteiger charge is -2.40. The minimum Gasteiger partial charge on any atom is -0.425 e. The Morgan fingerprint density at radius 3 is 2.43 bits per heavy atom. The number of halogens is 3. The summed E-state index contributed by atoms with van der Waals surface area (Å²) in [5, 5.41) is 11.8. The van der Waals surface area contributed by atoms with Crippen molar-refractivity contribution in [2.75, 3.05) is 26.3 Å². The van der Waals surface area contributed by atoms with E-state index in [1.54, 1.807) is 25.2 Å². The molecule has 0 radical (unpaired) electrons. The van der Waals surface area contributed by atoms with Gasteiger partial charge in [-0.25, -0.2) is 32.2 Å². The number of phosphoric acid groups is 1. The fourth-order valence-corrected chi connectivity index (χ4v) is 8.43. The van der Waals surface area contributed by atoms with Crippen LogP contribution in [0, 0.1) is 28.8 Å². The number of nitriles is 1. The SMILES string of the molecule is CC(OC(=O)CCC(=O)N1CCC(OP(=O)(O)O)CC1)OC(=O)O[C@@](Cn1cncn1)(c1ccc(F)cc1F)[C@@H](C)SC1COC(/C=C/C=C/c2ccc(C#N)cc2F)OC1. The Bertz CT molecular complexity index is 2140. The molecule has 3 aromatic rings. The molecule has 3 atom stereocenters. The number of carbonyl (C=O) groups excluding carboxylic acids is 3. The average Bonchev–Trinajstić information content (AvgIpc) is 3.72. The zero-order valence-electron chi connectivity index (χ0n) is 32.9. The molecule has 1 unspecified atom stereocenters. The second kappa shape index (κ2) is 21.6. The highest BCUT2D eigenvalue weighted by Crippen LogP contribution is 2.43. The van der Waals surface area contributed by atoms with Crippen LogP contribution in [0.15, 0.2) is 67.3 Å². The molecule has 2 fully saturated rings. The number of thioether (sulfide) groups is 1. The molecule has 61 heavy (non-hydrogen) atoms. The van der Waals surface area contributed by atoms with Gasteiger partial charge in [-0.2, -0.15) is 10.4 Å². The van der Waals surface area contributed by atoms with E-state index in [9.17, 15) is 27.7 Å². The average molecular weight is 894 g/mol. The fraction of sp³-hybridized carbons (Fsp3) is 0.436. The Balaban J connectivity index is 1.21. The number of benzene rings is 2. The number of carbonyl (C=O) groups is 3. The minimum absolute atomic E-state index is 0.131. The van der Waals surface area contributed by atoms with Crippen molar-refractivity contribution in [3.05, 3.63) is 101 Å². The molecule has 0 saturated carbocycles. The molecule has 2 aliphatic rings. The summed E-state index contributed by atoms with van der Waals surface area (Å²) in [7, 11) is -4.67. The van der Waals surface area contributed by atoms with Gasteiger partial charge in [0.2, 0.25) is 12.2 Å². The van der Waals surface area contributed by atoms with Gasteiger partial charge in [-0.05, 0) is 50.1 Å². The van der Waals surface area contributed by atoms with Gasteiger partial charge in [0, 0.05) is 48.9 Å². The monoisotopic (exact) mass is 893 g/mol. The normalized spacial score (nSPS) is 19.5. The Morgan fingerprint density at radius 1 is 1.05 bits per heavy atom. The first-order valence-corrected chi connectivity index (χ1v) is 21.3. The summed E-state index contributed by atoms with van der Waals surface area (Å²) in [6.45, 7) is 3.13. The van der Waals surface area contributed by atoms with Gasteiger partial charge < -0.3 is 38.4 Å². The highest BCUT2D eigenvalue weighted by atomic mass is 32.2. The maximum absolute atomic E-state index is 15.8. The molecule has 328 valence electrons. The molecule has 0 aliphatic carbocycles. The maximum atomic E-state index is 15.8. The van der Waals surface area contributed by atoms with Gasteiger partial charge >= 0.3 is 19.9 Å². The predicted molar refractivity (Wildman–Crippen MR) is 209 cm³/mol. The van der Waals surface area contributed by atoms with E-state index in [1.165, 1.54) is 59.1 Å². The Kier molecular flexibility index (Phi) is 16.7. The van der Waals surface area contributed by atoms with Crippen LogP contribution in [0.2, 0.25) is 0 Å². The number of phosphoric ester groups is 1. The molecule has 0 bridgehead atoms. The van der Waals surface area contributed by atoms with Crippen LogP contribution in [0.25, 0.3) is 6.08 Å². The summed E-state index contributed by atoms with van der Waals surface area (Å²) in [6, 6.07) is 8.75. The second-order valence-corrected chi connectivity index (χ2v) is 16.7. The van der Waals surface area contributed by atoms with Crippen LogP contribution >= 0.6 is 19.6 Å². The molecule has 2 aromatic carbocycles. The van der Waals surface area contributed by atoms with Gasteiger partial charge in [-0.15, -0.1) is 11.8 Å². The summed E-state index contributed by atoms with van der Waals surface area (Å²) >= 11 is 1.21. The number of piperidine rings is 1. The zero-order chi connectivity index (χ0) is 44.2. The smallest absolute Gasteiger partial charge is 0.425 e. The lowest BCUT2D eigenvalue weighted by molar-refractivity contribution is -0.172. The first-order chi connectivity index (χ1) is 29.0. The van der Waals surface area contributed by atoms with Crippen LogP contribution in [0.1, 0.15) is 56.2 Å². The third-order valence-corrected chi connectivity index (χ3v) is 11.4. The number of aromatic nitrogens is 3. The van der Waals surface area contributed by atoms with Crippen LogP contribution in [0.5, 0.6) is 0 Å². The van der Waals surface area contributed by atoms with Crippen molar-refractivity contribution in [2.24, 2.45) is 0 Å². The predicted octanol–water partition coefficient (Wildman–Crippen LogP) is 5.52. The van der Waals surface area contributed by atoms with Crippen molar-refractivity contribution < 1.29 is 70.1 Å². The highest BCUT2D eigenvalue weighted by molar-refractivity contribution is 8.00. The third-order valence-electron chi connectivity index (χ3n) is 9.43. The van der Waals surface area contributed by atoms with Crippen molar-refractivity contribution in [3.8, 4) is 6.07 Å². The number of likely N-dealkylation sites (tertiary alicyclic amines) is 1. The van der Waals surface area contributed by atoms with Gasteiger partial charge in [0.15, 0.2) is 11.9 Å². The number of hydrogen-bond donors (Lipinski definition) is 2. The number of esters is 1. The molecule has 1 amide bonds. The van der Waals surface area contributed by atoms with E-state index < -0.39 is 78.1 Å². The number of amides is 1. The third kappa shape index (κ3) is 14.0. The van der Waals surface area contributed by atoms with Crippen LogP contribution in [0.3, 0.4) is 0 Å². The zero-order valence-corrected chi connectivity index (χ0v) is 34.6. The van der Waals surface area contributed by atoms with Crippen LogP contribution in [-0.4, -0.2) is 103 Å². The molecule has 5 rings (SSSR count). The molecule has 17 nitrogen and oxygen atoms in total. The van der Waals surface area contributed by atoms with Gasteiger partial charge in [0.25, 0.3) is 0 Å². The van der Waals surface area contributed by atoms with Crippen LogP contribution in [0.4, 0.5) is 18.0 Å². The first-order valence-electron chi connectivity index (χ1n) is 18.9. The van der Waals surface area contributed by atoms with E-state index in [4.69, 9.17) is 38.7 Å². The van der Waals surface area contributed by atoms with Gasteiger partial charge in [0.1, 0.15) is 30.1 Å². The van der Waals surface area contributed by atoms with Crippen molar-refractivity contribution in [1.82, 2.24) is 19.7 Å². The lowest BCUT2D eigenvalue weighted by Crippen LogP contribution is -2.47. The first kappa shape index (κ1) is 47.0.